The monoisotopic (exact) mass is 321 g/mol. The molecule has 1 aromatic rings. The standard InChI is InChI=1S/C9H9Br2NO2/c1-14-9(13)6-2-5(12)3-8(11)7(6)4-10/h2-3H,4,12H2,1H3. The minimum Gasteiger partial charge on any atom is -0.465 e. The van der Waals surface area contributed by atoms with Crippen molar-refractivity contribution in [1.29, 1.82) is 0 Å². The zero-order valence-electron chi connectivity index (χ0n) is 7.51. The van der Waals surface area contributed by atoms with Gasteiger partial charge in [0.1, 0.15) is 0 Å². The maximum absolute atomic E-state index is 11.4. The first kappa shape index (κ1) is 11.5. The van der Waals surface area contributed by atoms with Crippen LogP contribution in [0.2, 0.25) is 0 Å². The summed E-state index contributed by atoms with van der Waals surface area (Å²) in [6, 6.07) is 3.36. The molecule has 0 aliphatic rings. The van der Waals surface area contributed by atoms with Crippen molar-refractivity contribution in [3.8, 4) is 0 Å². The lowest BCUT2D eigenvalue weighted by Crippen LogP contribution is -2.06. The minimum atomic E-state index is -0.382. The number of anilines is 1. The van der Waals surface area contributed by atoms with E-state index in [0.29, 0.717) is 16.6 Å². The molecule has 0 atom stereocenters. The summed E-state index contributed by atoms with van der Waals surface area (Å²) in [5.41, 5.74) is 7.47. The average Bonchev–Trinajstić information content (AvgIpc) is 2.15. The topological polar surface area (TPSA) is 52.3 Å². The number of nitrogens with two attached hydrogens (primary N) is 1. The fraction of sp³-hybridized carbons (Fsp3) is 0.222. The zero-order chi connectivity index (χ0) is 10.7. The molecule has 3 nitrogen and oxygen atoms in total. The third kappa shape index (κ3) is 2.27. The van der Waals surface area contributed by atoms with E-state index in [2.05, 4.69) is 36.6 Å². The molecule has 1 rings (SSSR count). The average molecular weight is 323 g/mol. The number of halogens is 2. The maximum Gasteiger partial charge on any atom is 0.338 e. The van der Waals surface area contributed by atoms with E-state index in [4.69, 9.17) is 5.73 Å². The molecule has 0 bridgehead atoms. The molecule has 0 fully saturated rings. The van der Waals surface area contributed by atoms with Crippen molar-refractivity contribution < 1.29 is 9.53 Å². The van der Waals surface area contributed by atoms with Crippen LogP contribution in [0, 0.1) is 0 Å². The molecule has 0 aliphatic carbocycles. The van der Waals surface area contributed by atoms with Crippen LogP contribution < -0.4 is 5.73 Å². The van der Waals surface area contributed by atoms with Crippen LogP contribution in [0.5, 0.6) is 0 Å². The Bertz CT molecular complexity index is 366. The molecule has 1 aromatic carbocycles. The Hall–Kier alpha value is -0.550. The quantitative estimate of drug-likeness (QED) is 0.517. The molecule has 0 aliphatic heterocycles. The van der Waals surface area contributed by atoms with Gasteiger partial charge < -0.3 is 10.5 Å². The second kappa shape index (κ2) is 4.79. The Morgan fingerprint density at radius 1 is 1.57 bits per heavy atom. The van der Waals surface area contributed by atoms with Gasteiger partial charge in [0, 0.05) is 15.5 Å². The predicted octanol–water partition coefficient (Wildman–Crippen LogP) is 2.71. The number of rotatable bonds is 2. The molecule has 0 unspecified atom stereocenters. The highest BCUT2D eigenvalue weighted by atomic mass is 79.9. The molecular weight excluding hydrogens is 314 g/mol. The fourth-order valence-corrected chi connectivity index (χ4v) is 2.68. The van der Waals surface area contributed by atoms with Crippen LogP contribution in [0.3, 0.4) is 0 Å². The minimum absolute atomic E-state index is 0.382. The van der Waals surface area contributed by atoms with Gasteiger partial charge in [0.2, 0.25) is 0 Å². The summed E-state index contributed by atoms with van der Waals surface area (Å²) < 4.78 is 5.45. The van der Waals surface area contributed by atoms with E-state index in [1.54, 1.807) is 12.1 Å². The number of carbonyl (C=O) groups excluding carboxylic acids is 1. The fourth-order valence-electron chi connectivity index (χ4n) is 1.09. The van der Waals surface area contributed by atoms with E-state index in [1.165, 1.54) is 7.11 Å². The highest BCUT2D eigenvalue weighted by molar-refractivity contribution is 9.10. The van der Waals surface area contributed by atoms with E-state index in [-0.39, 0.29) is 5.97 Å². The molecule has 0 saturated carbocycles. The molecule has 14 heavy (non-hydrogen) atoms. The number of hydrogen-bond acceptors (Lipinski definition) is 3. The summed E-state index contributed by atoms with van der Waals surface area (Å²) >= 11 is 6.64. The van der Waals surface area contributed by atoms with Crippen molar-refractivity contribution in [3.05, 3.63) is 27.7 Å². The van der Waals surface area contributed by atoms with E-state index in [1.807, 2.05) is 0 Å². The molecule has 0 saturated heterocycles. The molecule has 76 valence electrons. The van der Waals surface area contributed by atoms with Crippen molar-refractivity contribution >= 4 is 43.5 Å². The number of carbonyl (C=O) groups is 1. The molecule has 0 spiro atoms. The highest BCUT2D eigenvalue weighted by Crippen LogP contribution is 2.26. The van der Waals surface area contributed by atoms with Crippen LogP contribution in [0.15, 0.2) is 16.6 Å². The van der Waals surface area contributed by atoms with Gasteiger partial charge >= 0.3 is 5.97 Å². The Morgan fingerprint density at radius 3 is 2.71 bits per heavy atom. The molecular formula is C9H9Br2NO2. The van der Waals surface area contributed by atoms with E-state index < -0.39 is 0 Å². The summed E-state index contributed by atoms with van der Waals surface area (Å²) in [6.07, 6.45) is 0. The third-order valence-corrected chi connectivity index (χ3v) is 3.03. The molecule has 0 aromatic heterocycles. The van der Waals surface area contributed by atoms with Gasteiger partial charge in [-0.05, 0) is 17.7 Å². The van der Waals surface area contributed by atoms with Gasteiger partial charge in [-0.25, -0.2) is 4.79 Å². The summed E-state index contributed by atoms with van der Waals surface area (Å²) in [4.78, 5) is 11.4. The molecule has 0 heterocycles. The molecule has 0 amide bonds. The van der Waals surface area contributed by atoms with Crippen LogP contribution in [-0.2, 0) is 10.1 Å². The van der Waals surface area contributed by atoms with E-state index >= 15 is 0 Å². The van der Waals surface area contributed by atoms with Crippen LogP contribution in [0.25, 0.3) is 0 Å². The Morgan fingerprint density at radius 2 is 2.21 bits per heavy atom. The second-order valence-corrected chi connectivity index (χ2v) is 4.07. The summed E-state index contributed by atoms with van der Waals surface area (Å²) in [5, 5.41) is 0.568. The number of hydrogen-bond donors (Lipinski definition) is 1. The number of methoxy groups -OCH3 is 1. The van der Waals surface area contributed by atoms with Crippen molar-refractivity contribution in [2.45, 2.75) is 5.33 Å². The first-order chi connectivity index (χ1) is 6.60. The van der Waals surface area contributed by atoms with Gasteiger partial charge in [0.15, 0.2) is 0 Å². The number of alkyl halides is 1. The van der Waals surface area contributed by atoms with Crippen molar-refractivity contribution in [2.24, 2.45) is 0 Å². The Kier molecular flexibility index (Phi) is 3.95. The lowest BCUT2D eigenvalue weighted by Gasteiger charge is -2.08. The van der Waals surface area contributed by atoms with Gasteiger partial charge in [-0.1, -0.05) is 31.9 Å². The molecule has 0 radical (unpaired) electrons. The van der Waals surface area contributed by atoms with Crippen molar-refractivity contribution in [3.63, 3.8) is 0 Å². The Balaban J connectivity index is 3.32. The van der Waals surface area contributed by atoms with Gasteiger partial charge in [-0.15, -0.1) is 0 Å². The van der Waals surface area contributed by atoms with Gasteiger partial charge in [0.25, 0.3) is 0 Å². The van der Waals surface area contributed by atoms with E-state index in [9.17, 15) is 4.79 Å². The first-order valence-electron chi connectivity index (χ1n) is 3.82. The van der Waals surface area contributed by atoms with Crippen LogP contribution in [0.1, 0.15) is 15.9 Å². The second-order valence-electron chi connectivity index (χ2n) is 2.65. The Labute approximate surface area is 98.9 Å². The van der Waals surface area contributed by atoms with Crippen molar-refractivity contribution in [1.82, 2.24) is 0 Å². The summed E-state index contributed by atoms with van der Waals surface area (Å²) in [7, 11) is 1.34. The number of nitrogen functional groups attached to an aromatic ring is 1. The summed E-state index contributed by atoms with van der Waals surface area (Å²) in [5.74, 6) is -0.382. The normalized spacial score (nSPS) is 9.93. The molecule has 5 heteroatoms. The van der Waals surface area contributed by atoms with Gasteiger partial charge in [-0.2, -0.15) is 0 Å². The van der Waals surface area contributed by atoms with Crippen molar-refractivity contribution in [2.75, 3.05) is 12.8 Å². The predicted molar refractivity (Wildman–Crippen MR) is 62.5 cm³/mol. The van der Waals surface area contributed by atoms with Gasteiger partial charge in [-0.3, -0.25) is 0 Å². The van der Waals surface area contributed by atoms with Crippen LogP contribution in [-0.4, -0.2) is 13.1 Å². The largest absolute Gasteiger partial charge is 0.465 e. The lowest BCUT2D eigenvalue weighted by atomic mass is 10.1. The van der Waals surface area contributed by atoms with Crippen LogP contribution >= 0.6 is 31.9 Å². The number of benzene rings is 1. The summed E-state index contributed by atoms with van der Waals surface area (Å²) in [6.45, 7) is 0. The zero-order valence-corrected chi connectivity index (χ0v) is 10.7. The smallest absolute Gasteiger partial charge is 0.338 e. The van der Waals surface area contributed by atoms with E-state index in [0.717, 1.165) is 10.0 Å². The molecule has 2 N–H and O–H groups in total. The lowest BCUT2D eigenvalue weighted by molar-refractivity contribution is 0.0600. The number of ether oxygens (including phenoxy) is 1. The SMILES string of the molecule is COC(=O)c1cc(N)cc(Br)c1CBr. The maximum atomic E-state index is 11.4. The first-order valence-corrected chi connectivity index (χ1v) is 5.73. The van der Waals surface area contributed by atoms with Crippen LogP contribution in [0.4, 0.5) is 5.69 Å². The highest BCUT2D eigenvalue weighted by Gasteiger charge is 2.14. The third-order valence-electron chi connectivity index (χ3n) is 1.76. The number of esters is 1. The van der Waals surface area contributed by atoms with Gasteiger partial charge in [0.05, 0.1) is 12.7 Å².